The normalized spacial score (nSPS) is 34.6. The van der Waals surface area contributed by atoms with Gasteiger partial charge in [-0.3, -0.25) is 4.79 Å². The second-order valence-electron chi connectivity index (χ2n) is 5.87. The number of esters is 3. The van der Waals surface area contributed by atoms with Crippen molar-refractivity contribution in [1.82, 2.24) is 0 Å². The first-order valence-corrected chi connectivity index (χ1v) is 7.25. The summed E-state index contributed by atoms with van der Waals surface area (Å²) in [6.07, 6.45) is 4.36. The lowest BCUT2D eigenvalue weighted by Gasteiger charge is -2.55. The maximum atomic E-state index is 12.2. The molecule has 0 aliphatic heterocycles. The van der Waals surface area contributed by atoms with Crippen LogP contribution in [0.4, 0.5) is 0 Å². The molecule has 6 nitrogen and oxygen atoms in total. The minimum atomic E-state index is -0.522. The van der Waals surface area contributed by atoms with Gasteiger partial charge in [0.1, 0.15) is 6.10 Å². The van der Waals surface area contributed by atoms with E-state index in [0.29, 0.717) is 17.6 Å². The summed E-state index contributed by atoms with van der Waals surface area (Å²) in [7, 11) is 2.59. The van der Waals surface area contributed by atoms with Crippen LogP contribution < -0.4 is 0 Å². The van der Waals surface area contributed by atoms with E-state index in [1.807, 2.05) is 12.2 Å². The Balaban J connectivity index is 2.00. The van der Waals surface area contributed by atoms with Gasteiger partial charge in [-0.05, 0) is 12.3 Å². The standard InChI is InChI=1S/C16H18O6/c1-7(17)22-11-6-10-8-4-5-9(12(10)11)14(16(19)21-3)13(8)15(18)20-2/h4-5,8-12H,6H2,1-3H3. The summed E-state index contributed by atoms with van der Waals surface area (Å²) in [5.41, 5.74) is 0.740. The van der Waals surface area contributed by atoms with Crippen molar-refractivity contribution in [2.75, 3.05) is 14.2 Å². The third-order valence-electron chi connectivity index (χ3n) is 4.91. The van der Waals surface area contributed by atoms with Gasteiger partial charge in [0, 0.05) is 24.7 Å². The van der Waals surface area contributed by atoms with Crippen molar-refractivity contribution in [3.63, 3.8) is 0 Å². The molecule has 1 saturated carbocycles. The Kier molecular flexibility index (Phi) is 3.54. The predicted octanol–water partition coefficient (Wildman–Crippen LogP) is 1.01. The molecule has 0 saturated heterocycles. The van der Waals surface area contributed by atoms with Gasteiger partial charge in [0.2, 0.25) is 0 Å². The van der Waals surface area contributed by atoms with Gasteiger partial charge in [-0.2, -0.15) is 0 Å². The number of ether oxygens (including phenoxy) is 3. The first kappa shape index (κ1) is 14.8. The molecule has 0 aromatic rings. The fourth-order valence-electron chi connectivity index (χ4n) is 4.07. The van der Waals surface area contributed by atoms with Crippen LogP contribution in [-0.2, 0) is 28.6 Å². The summed E-state index contributed by atoms with van der Waals surface area (Å²) in [5, 5.41) is 0. The van der Waals surface area contributed by atoms with Crippen LogP contribution in [0.15, 0.2) is 23.3 Å². The molecule has 5 unspecified atom stereocenters. The number of allylic oxidation sites excluding steroid dienone is 2. The van der Waals surface area contributed by atoms with Crippen LogP contribution in [0.3, 0.4) is 0 Å². The fraction of sp³-hybridized carbons (Fsp3) is 0.562. The van der Waals surface area contributed by atoms with Crippen LogP contribution >= 0.6 is 0 Å². The van der Waals surface area contributed by atoms with Gasteiger partial charge in [-0.15, -0.1) is 0 Å². The van der Waals surface area contributed by atoms with Crippen LogP contribution in [0.2, 0.25) is 0 Å². The Bertz CT molecular complexity index is 602. The number of carbonyl (C=O) groups excluding carboxylic acids is 3. The number of hydrogen-bond acceptors (Lipinski definition) is 6. The third-order valence-corrected chi connectivity index (χ3v) is 4.91. The molecule has 5 atom stereocenters. The highest BCUT2D eigenvalue weighted by molar-refractivity contribution is 6.02. The lowest BCUT2D eigenvalue weighted by Crippen LogP contribution is -2.57. The Hall–Kier alpha value is -2.11. The minimum Gasteiger partial charge on any atom is -0.466 e. The molecule has 4 rings (SSSR count). The van der Waals surface area contributed by atoms with E-state index in [9.17, 15) is 14.4 Å². The molecule has 0 aromatic carbocycles. The van der Waals surface area contributed by atoms with E-state index < -0.39 is 11.9 Å². The van der Waals surface area contributed by atoms with E-state index >= 15 is 0 Å². The molecule has 6 heteroatoms. The van der Waals surface area contributed by atoms with Crippen molar-refractivity contribution < 1.29 is 28.6 Å². The lowest BCUT2D eigenvalue weighted by atomic mass is 9.50. The van der Waals surface area contributed by atoms with Crippen LogP contribution in [0.1, 0.15) is 13.3 Å². The smallest absolute Gasteiger partial charge is 0.334 e. The van der Waals surface area contributed by atoms with E-state index in [1.165, 1.54) is 21.1 Å². The Morgan fingerprint density at radius 1 is 1.00 bits per heavy atom. The lowest BCUT2D eigenvalue weighted by molar-refractivity contribution is -0.168. The van der Waals surface area contributed by atoms with E-state index in [-0.39, 0.29) is 35.7 Å². The van der Waals surface area contributed by atoms with E-state index in [0.717, 1.165) is 0 Å². The molecule has 0 N–H and O–H groups in total. The summed E-state index contributed by atoms with van der Waals surface area (Å²) < 4.78 is 15.0. The zero-order valence-corrected chi connectivity index (χ0v) is 12.7. The molecule has 2 bridgehead atoms. The Morgan fingerprint density at radius 2 is 1.55 bits per heavy atom. The maximum Gasteiger partial charge on any atom is 0.334 e. The topological polar surface area (TPSA) is 78.9 Å². The predicted molar refractivity (Wildman–Crippen MR) is 74.3 cm³/mol. The second-order valence-corrected chi connectivity index (χ2v) is 5.87. The van der Waals surface area contributed by atoms with Crippen molar-refractivity contribution in [3.05, 3.63) is 23.3 Å². The largest absolute Gasteiger partial charge is 0.466 e. The molecule has 1 fully saturated rings. The summed E-state index contributed by atoms with van der Waals surface area (Å²) in [5.74, 6) is -1.56. The number of rotatable bonds is 3. The summed E-state index contributed by atoms with van der Waals surface area (Å²) in [6.45, 7) is 1.38. The molecule has 22 heavy (non-hydrogen) atoms. The first-order chi connectivity index (χ1) is 10.5. The van der Waals surface area contributed by atoms with Crippen LogP contribution in [0.5, 0.6) is 0 Å². The number of carbonyl (C=O) groups is 3. The van der Waals surface area contributed by atoms with Gasteiger partial charge in [-0.25, -0.2) is 9.59 Å². The molecule has 0 heterocycles. The Labute approximate surface area is 128 Å². The molecule has 0 amide bonds. The van der Waals surface area contributed by atoms with Gasteiger partial charge in [0.25, 0.3) is 0 Å². The van der Waals surface area contributed by atoms with Crippen molar-refractivity contribution in [1.29, 1.82) is 0 Å². The monoisotopic (exact) mass is 306 g/mol. The Morgan fingerprint density at radius 3 is 2.09 bits per heavy atom. The highest BCUT2D eigenvalue weighted by atomic mass is 16.5. The molecule has 0 aromatic heterocycles. The van der Waals surface area contributed by atoms with Gasteiger partial charge in [0.05, 0.1) is 25.4 Å². The average Bonchev–Trinajstić information content (AvgIpc) is 2.49. The summed E-state index contributed by atoms with van der Waals surface area (Å²) in [6, 6.07) is 0. The average molecular weight is 306 g/mol. The van der Waals surface area contributed by atoms with E-state index in [4.69, 9.17) is 14.2 Å². The molecule has 0 radical (unpaired) electrons. The molecular weight excluding hydrogens is 288 g/mol. The summed E-state index contributed by atoms with van der Waals surface area (Å²) in [4.78, 5) is 35.5. The van der Waals surface area contributed by atoms with Crippen molar-refractivity contribution in [2.45, 2.75) is 19.4 Å². The second kappa shape index (κ2) is 5.26. The molecule has 4 aliphatic carbocycles. The van der Waals surface area contributed by atoms with Crippen LogP contribution in [0.25, 0.3) is 0 Å². The highest BCUT2D eigenvalue weighted by Gasteiger charge is 2.59. The van der Waals surface area contributed by atoms with E-state index in [2.05, 4.69) is 0 Å². The number of hydrogen-bond donors (Lipinski definition) is 0. The maximum absolute atomic E-state index is 12.2. The molecular formula is C16H18O6. The molecule has 0 spiro atoms. The third kappa shape index (κ3) is 1.97. The quantitative estimate of drug-likeness (QED) is 0.440. The fourth-order valence-corrected chi connectivity index (χ4v) is 4.07. The summed E-state index contributed by atoms with van der Waals surface area (Å²) >= 11 is 0. The van der Waals surface area contributed by atoms with Gasteiger partial charge in [-0.1, -0.05) is 12.2 Å². The zero-order chi connectivity index (χ0) is 16.0. The SMILES string of the molecule is COC(=O)C1=C(C(=O)OC)C2C=CC1C1CC(OC(C)=O)C21. The van der Waals surface area contributed by atoms with Gasteiger partial charge >= 0.3 is 17.9 Å². The van der Waals surface area contributed by atoms with Crippen molar-refractivity contribution in [3.8, 4) is 0 Å². The van der Waals surface area contributed by atoms with Gasteiger partial charge < -0.3 is 14.2 Å². The number of methoxy groups -OCH3 is 2. The van der Waals surface area contributed by atoms with E-state index in [1.54, 1.807) is 0 Å². The first-order valence-electron chi connectivity index (χ1n) is 7.25. The van der Waals surface area contributed by atoms with Crippen molar-refractivity contribution >= 4 is 17.9 Å². The van der Waals surface area contributed by atoms with Gasteiger partial charge in [0.15, 0.2) is 0 Å². The van der Waals surface area contributed by atoms with Crippen LogP contribution in [-0.4, -0.2) is 38.2 Å². The highest BCUT2D eigenvalue weighted by Crippen LogP contribution is 2.58. The molecule has 118 valence electrons. The minimum absolute atomic E-state index is 0.0291. The zero-order valence-electron chi connectivity index (χ0n) is 12.7. The van der Waals surface area contributed by atoms with Crippen molar-refractivity contribution in [2.24, 2.45) is 23.7 Å². The van der Waals surface area contributed by atoms with Crippen LogP contribution in [0, 0.1) is 23.7 Å². The molecule has 4 aliphatic rings.